The van der Waals surface area contributed by atoms with Crippen molar-refractivity contribution < 1.29 is 4.74 Å². The van der Waals surface area contributed by atoms with E-state index in [4.69, 9.17) is 4.74 Å². The van der Waals surface area contributed by atoms with Gasteiger partial charge in [0, 0.05) is 20.7 Å². The van der Waals surface area contributed by atoms with Gasteiger partial charge in [0.1, 0.15) is 12.4 Å². The van der Waals surface area contributed by atoms with Gasteiger partial charge in [-0.25, -0.2) is 0 Å². The lowest BCUT2D eigenvalue weighted by atomic mass is 10.2. The number of aryl methyl sites for hydroxylation is 1. The van der Waals surface area contributed by atoms with Crippen LogP contribution >= 0.6 is 31.9 Å². The molecule has 0 aliphatic rings. The summed E-state index contributed by atoms with van der Waals surface area (Å²) >= 11 is 7.00. The normalized spacial score (nSPS) is 11.0. The SMILES string of the molecule is Cc1ccc(N=Cc2ccc(OCc3ccc(Br)cc3Br)cc2)cc1. The van der Waals surface area contributed by atoms with Crippen LogP contribution in [-0.2, 0) is 6.61 Å². The number of hydrogen-bond acceptors (Lipinski definition) is 2. The molecule has 0 amide bonds. The first kappa shape index (κ1) is 17.9. The predicted octanol–water partition coefficient (Wildman–Crippen LogP) is 6.85. The molecule has 0 saturated carbocycles. The average molecular weight is 459 g/mol. The van der Waals surface area contributed by atoms with E-state index in [1.54, 1.807) is 0 Å². The maximum Gasteiger partial charge on any atom is 0.119 e. The molecule has 3 aromatic carbocycles. The highest BCUT2D eigenvalue weighted by atomic mass is 79.9. The summed E-state index contributed by atoms with van der Waals surface area (Å²) < 4.78 is 7.93. The molecule has 0 aliphatic heterocycles. The molecule has 0 unspecified atom stereocenters. The van der Waals surface area contributed by atoms with Crippen molar-refractivity contribution in [1.82, 2.24) is 0 Å². The van der Waals surface area contributed by atoms with Crippen molar-refractivity contribution in [3.63, 3.8) is 0 Å². The van der Waals surface area contributed by atoms with Crippen molar-refractivity contribution >= 4 is 43.8 Å². The molecule has 2 nitrogen and oxygen atoms in total. The van der Waals surface area contributed by atoms with Gasteiger partial charge in [-0.05, 0) is 61.0 Å². The number of halogens is 2. The topological polar surface area (TPSA) is 21.6 Å². The molecule has 0 saturated heterocycles. The molecule has 0 aliphatic carbocycles. The Bertz CT molecular complexity index is 871. The Morgan fingerprint density at radius 3 is 2.32 bits per heavy atom. The summed E-state index contributed by atoms with van der Waals surface area (Å²) in [4.78, 5) is 4.48. The molecule has 0 radical (unpaired) electrons. The van der Waals surface area contributed by atoms with Crippen LogP contribution in [0.5, 0.6) is 5.75 Å². The molecule has 0 atom stereocenters. The van der Waals surface area contributed by atoms with Crippen LogP contribution in [0.15, 0.2) is 80.7 Å². The standard InChI is InChI=1S/C21H17Br2NO/c1-15-2-8-19(9-3-15)24-13-16-4-10-20(11-5-16)25-14-17-6-7-18(22)12-21(17)23/h2-13H,14H2,1H3. The fourth-order valence-electron chi connectivity index (χ4n) is 2.23. The number of rotatable bonds is 5. The zero-order chi connectivity index (χ0) is 17.6. The van der Waals surface area contributed by atoms with Crippen molar-refractivity contribution in [2.24, 2.45) is 4.99 Å². The van der Waals surface area contributed by atoms with Crippen molar-refractivity contribution in [2.75, 3.05) is 0 Å². The van der Waals surface area contributed by atoms with E-state index in [9.17, 15) is 0 Å². The molecule has 4 heteroatoms. The van der Waals surface area contributed by atoms with Crippen LogP contribution in [-0.4, -0.2) is 6.21 Å². The smallest absolute Gasteiger partial charge is 0.119 e. The highest BCUT2D eigenvalue weighted by Gasteiger charge is 2.02. The van der Waals surface area contributed by atoms with Gasteiger partial charge in [-0.1, -0.05) is 55.6 Å². The number of aliphatic imine (C=N–C) groups is 1. The quantitative estimate of drug-likeness (QED) is 0.383. The minimum atomic E-state index is 0.519. The summed E-state index contributed by atoms with van der Waals surface area (Å²) in [5.74, 6) is 0.835. The van der Waals surface area contributed by atoms with E-state index in [1.165, 1.54) is 5.56 Å². The highest BCUT2D eigenvalue weighted by Crippen LogP contribution is 2.23. The molecule has 3 rings (SSSR count). The molecule has 0 N–H and O–H groups in total. The molecule has 0 heterocycles. The zero-order valence-electron chi connectivity index (χ0n) is 13.7. The minimum Gasteiger partial charge on any atom is -0.489 e. The molecule has 3 aromatic rings. The summed E-state index contributed by atoms with van der Waals surface area (Å²) in [6, 6.07) is 22.1. The van der Waals surface area contributed by atoms with Gasteiger partial charge in [0.2, 0.25) is 0 Å². The minimum absolute atomic E-state index is 0.519. The first-order valence-electron chi connectivity index (χ1n) is 7.88. The Balaban J connectivity index is 1.61. The lowest BCUT2D eigenvalue weighted by Gasteiger charge is -2.08. The third kappa shape index (κ3) is 5.28. The molecule has 126 valence electrons. The summed E-state index contributed by atoms with van der Waals surface area (Å²) in [5, 5.41) is 0. The van der Waals surface area contributed by atoms with Gasteiger partial charge in [0.25, 0.3) is 0 Å². The molecule has 0 bridgehead atoms. The molecule has 25 heavy (non-hydrogen) atoms. The molecule has 0 fully saturated rings. The van der Waals surface area contributed by atoms with Crippen LogP contribution < -0.4 is 4.74 Å². The largest absolute Gasteiger partial charge is 0.489 e. The second kappa shape index (κ2) is 8.45. The lowest BCUT2D eigenvalue weighted by Crippen LogP contribution is -1.96. The second-order valence-electron chi connectivity index (χ2n) is 5.69. The third-order valence-corrected chi connectivity index (χ3v) is 4.92. The third-order valence-electron chi connectivity index (χ3n) is 3.69. The molecular weight excluding hydrogens is 442 g/mol. The Kier molecular flexibility index (Phi) is 6.05. The van der Waals surface area contributed by atoms with Crippen LogP contribution in [0, 0.1) is 6.92 Å². The summed E-state index contributed by atoms with van der Waals surface area (Å²) in [5.41, 5.74) is 4.33. The van der Waals surface area contributed by atoms with Gasteiger partial charge in [0.15, 0.2) is 0 Å². The Morgan fingerprint density at radius 2 is 1.64 bits per heavy atom. The number of hydrogen-bond donors (Lipinski definition) is 0. The lowest BCUT2D eigenvalue weighted by molar-refractivity contribution is 0.305. The first-order chi connectivity index (χ1) is 12.1. The Morgan fingerprint density at radius 1 is 0.920 bits per heavy atom. The van der Waals surface area contributed by atoms with E-state index in [1.807, 2.05) is 60.8 Å². The highest BCUT2D eigenvalue weighted by molar-refractivity contribution is 9.11. The maximum atomic E-state index is 5.85. The maximum absolute atomic E-state index is 5.85. The van der Waals surface area contributed by atoms with Crippen molar-refractivity contribution in [3.8, 4) is 5.75 Å². The van der Waals surface area contributed by atoms with Gasteiger partial charge < -0.3 is 4.74 Å². The molecule has 0 spiro atoms. The average Bonchev–Trinajstić information content (AvgIpc) is 2.61. The van der Waals surface area contributed by atoms with E-state index >= 15 is 0 Å². The predicted molar refractivity (Wildman–Crippen MR) is 111 cm³/mol. The van der Waals surface area contributed by atoms with Crippen molar-refractivity contribution in [3.05, 3.63) is 92.4 Å². The van der Waals surface area contributed by atoms with Gasteiger partial charge in [-0.2, -0.15) is 0 Å². The van der Waals surface area contributed by atoms with E-state index < -0.39 is 0 Å². The van der Waals surface area contributed by atoms with Crippen molar-refractivity contribution in [2.45, 2.75) is 13.5 Å². The molecular formula is C21H17Br2NO. The summed E-state index contributed by atoms with van der Waals surface area (Å²) in [7, 11) is 0. The van der Waals surface area contributed by atoms with E-state index in [2.05, 4.69) is 55.9 Å². The second-order valence-corrected chi connectivity index (χ2v) is 7.46. The van der Waals surface area contributed by atoms with Crippen LogP contribution in [0.3, 0.4) is 0 Å². The number of ether oxygens (including phenoxy) is 1. The van der Waals surface area contributed by atoms with E-state index in [0.717, 1.165) is 31.5 Å². The van der Waals surface area contributed by atoms with Crippen molar-refractivity contribution in [1.29, 1.82) is 0 Å². The van der Waals surface area contributed by atoms with Gasteiger partial charge in [-0.15, -0.1) is 0 Å². The van der Waals surface area contributed by atoms with E-state index in [0.29, 0.717) is 6.61 Å². The molecule has 0 aromatic heterocycles. The zero-order valence-corrected chi connectivity index (χ0v) is 16.9. The van der Waals surface area contributed by atoms with Crippen LogP contribution in [0.1, 0.15) is 16.7 Å². The summed E-state index contributed by atoms with van der Waals surface area (Å²) in [6.07, 6.45) is 1.86. The van der Waals surface area contributed by atoms with Crippen LogP contribution in [0.2, 0.25) is 0 Å². The number of benzene rings is 3. The van der Waals surface area contributed by atoms with Gasteiger partial charge in [-0.3, -0.25) is 4.99 Å². The van der Waals surface area contributed by atoms with Crippen LogP contribution in [0.25, 0.3) is 0 Å². The summed E-state index contributed by atoms with van der Waals surface area (Å²) in [6.45, 7) is 2.59. The van der Waals surface area contributed by atoms with Gasteiger partial charge in [0.05, 0.1) is 5.69 Å². The van der Waals surface area contributed by atoms with Crippen LogP contribution in [0.4, 0.5) is 5.69 Å². The van der Waals surface area contributed by atoms with E-state index in [-0.39, 0.29) is 0 Å². The van der Waals surface area contributed by atoms with Gasteiger partial charge >= 0.3 is 0 Å². The Labute approximate surface area is 164 Å². The monoisotopic (exact) mass is 457 g/mol. The fourth-order valence-corrected chi connectivity index (χ4v) is 3.39. The fraction of sp³-hybridized carbons (Fsp3) is 0.0952. The Hall–Kier alpha value is -1.91. The first-order valence-corrected chi connectivity index (χ1v) is 9.46. The number of nitrogens with zero attached hydrogens (tertiary/aromatic N) is 1.